The minimum Gasteiger partial charge on any atom is -0.497 e. The summed E-state index contributed by atoms with van der Waals surface area (Å²) < 4.78 is 12.5. The first-order valence-corrected chi connectivity index (χ1v) is 10.5. The molecular weight excluding hydrogens is 392 g/mol. The molecule has 0 aliphatic carbocycles. The zero-order valence-corrected chi connectivity index (χ0v) is 17.4. The first-order valence-electron chi connectivity index (χ1n) is 10.5. The summed E-state index contributed by atoms with van der Waals surface area (Å²) >= 11 is 0. The maximum atomic E-state index is 12.7. The Kier molecular flexibility index (Phi) is 5.16. The summed E-state index contributed by atoms with van der Waals surface area (Å²) in [5.41, 5.74) is 2.91. The fourth-order valence-electron chi connectivity index (χ4n) is 4.14. The van der Waals surface area contributed by atoms with Crippen molar-refractivity contribution in [2.75, 3.05) is 20.2 Å². The van der Waals surface area contributed by atoms with Crippen LogP contribution in [-0.4, -0.2) is 45.6 Å². The summed E-state index contributed by atoms with van der Waals surface area (Å²) in [4.78, 5) is 19.3. The molecule has 0 spiro atoms. The van der Waals surface area contributed by atoms with Gasteiger partial charge in [-0.1, -0.05) is 12.1 Å². The Morgan fingerprint density at radius 3 is 2.97 bits per heavy atom. The normalized spacial score (nSPS) is 16.5. The Balaban J connectivity index is 1.35. The van der Waals surface area contributed by atoms with Gasteiger partial charge in [0, 0.05) is 30.8 Å². The van der Waals surface area contributed by atoms with E-state index < -0.39 is 0 Å². The predicted octanol–water partition coefficient (Wildman–Crippen LogP) is 3.95. The number of amides is 1. The van der Waals surface area contributed by atoms with E-state index in [1.54, 1.807) is 13.4 Å². The Morgan fingerprint density at radius 2 is 2.13 bits per heavy atom. The van der Waals surface area contributed by atoms with Crippen LogP contribution in [0.15, 0.2) is 65.4 Å². The van der Waals surface area contributed by atoms with Crippen LogP contribution in [0.2, 0.25) is 0 Å². The van der Waals surface area contributed by atoms with Gasteiger partial charge in [0.15, 0.2) is 11.5 Å². The molecule has 1 aliphatic rings. The molecule has 5 rings (SSSR count). The van der Waals surface area contributed by atoms with Crippen molar-refractivity contribution in [1.29, 1.82) is 0 Å². The molecule has 7 nitrogen and oxygen atoms in total. The second-order valence-electron chi connectivity index (χ2n) is 7.86. The minimum absolute atomic E-state index is 0.0868. The second-order valence-corrected chi connectivity index (χ2v) is 7.86. The van der Waals surface area contributed by atoms with Crippen LogP contribution in [0.4, 0.5) is 0 Å². The van der Waals surface area contributed by atoms with Crippen LogP contribution in [-0.2, 0) is 11.2 Å². The van der Waals surface area contributed by atoms with Gasteiger partial charge in [-0.2, -0.15) is 5.10 Å². The monoisotopic (exact) mass is 416 g/mol. The summed E-state index contributed by atoms with van der Waals surface area (Å²) in [7, 11) is 1.67. The topological polar surface area (TPSA) is 72.9 Å². The molecule has 1 fully saturated rings. The van der Waals surface area contributed by atoms with E-state index in [1.807, 2.05) is 64.1 Å². The molecule has 158 valence electrons. The Labute approximate surface area is 180 Å². The lowest BCUT2D eigenvalue weighted by molar-refractivity contribution is -0.132. The number of carbonyl (C=O) groups excluding carboxylic acids is 1. The molecule has 31 heavy (non-hydrogen) atoms. The quantitative estimate of drug-likeness (QED) is 0.493. The number of fused-ring (bicyclic) bond motifs is 1. The van der Waals surface area contributed by atoms with E-state index in [9.17, 15) is 4.79 Å². The van der Waals surface area contributed by atoms with Crippen molar-refractivity contribution in [2.45, 2.75) is 25.2 Å². The Hall–Kier alpha value is -3.61. The number of benzene rings is 1. The van der Waals surface area contributed by atoms with E-state index in [2.05, 4.69) is 0 Å². The lowest BCUT2D eigenvalue weighted by Gasteiger charge is -2.31. The van der Waals surface area contributed by atoms with Crippen LogP contribution in [0.25, 0.3) is 16.8 Å². The number of piperidine rings is 1. The molecular formula is C24H24N4O3. The van der Waals surface area contributed by atoms with Crippen molar-refractivity contribution in [1.82, 2.24) is 19.5 Å². The molecule has 3 aromatic heterocycles. The number of likely N-dealkylation sites (tertiary alicyclic amines) is 1. The van der Waals surface area contributed by atoms with Gasteiger partial charge >= 0.3 is 0 Å². The minimum atomic E-state index is 0.0868. The number of aromatic nitrogens is 3. The molecule has 0 radical (unpaired) electrons. The summed E-state index contributed by atoms with van der Waals surface area (Å²) in [6.07, 6.45) is 5.80. The lowest BCUT2D eigenvalue weighted by atomic mass is 9.97. The highest BCUT2D eigenvalue weighted by Crippen LogP contribution is 2.27. The zero-order chi connectivity index (χ0) is 21.2. The highest BCUT2D eigenvalue weighted by atomic mass is 16.5. The Morgan fingerprint density at radius 1 is 1.19 bits per heavy atom. The van der Waals surface area contributed by atoms with Gasteiger partial charge in [0.25, 0.3) is 0 Å². The molecule has 1 atom stereocenters. The van der Waals surface area contributed by atoms with Crippen LogP contribution >= 0.6 is 0 Å². The van der Waals surface area contributed by atoms with Gasteiger partial charge in [-0.3, -0.25) is 4.79 Å². The van der Waals surface area contributed by atoms with Gasteiger partial charge in [-0.15, -0.1) is 0 Å². The first-order chi connectivity index (χ1) is 15.2. The highest BCUT2D eigenvalue weighted by Gasteiger charge is 2.27. The smallest absolute Gasteiger partial charge is 0.230 e. The highest BCUT2D eigenvalue weighted by molar-refractivity contribution is 5.78. The van der Waals surface area contributed by atoms with Gasteiger partial charge in [-0.25, -0.2) is 9.50 Å². The standard InChI is InChI=1S/C24H24N4O3/c1-30-20-7-2-5-17(13-20)18-9-10-22-25-24(26-28(22)16-18)19-6-3-11-27(15-19)23(29)14-21-8-4-12-31-21/h2,4-5,7-10,12-13,16,19H,3,6,11,14-15H2,1H3. The molecule has 4 heterocycles. The summed E-state index contributed by atoms with van der Waals surface area (Å²) in [5.74, 6) is 2.53. The number of pyridine rings is 1. The number of furan rings is 1. The lowest BCUT2D eigenvalue weighted by Crippen LogP contribution is -2.40. The molecule has 1 saturated heterocycles. The number of ether oxygens (including phenoxy) is 1. The summed E-state index contributed by atoms with van der Waals surface area (Å²) in [6, 6.07) is 15.6. The van der Waals surface area contributed by atoms with E-state index in [-0.39, 0.29) is 11.8 Å². The van der Waals surface area contributed by atoms with Crippen LogP contribution < -0.4 is 4.74 Å². The number of methoxy groups -OCH3 is 1. The molecule has 7 heteroatoms. The van der Waals surface area contributed by atoms with E-state index in [0.29, 0.717) is 18.7 Å². The third-order valence-corrected chi connectivity index (χ3v) is 5.80. The van der Waals surface area contributed by atoms with Crippen molar-refractivity contribution in [3.8, 4) is 16.9 Å². The van der Waals surface area contributed by atoms with Crippen LogP contribution in [0, 0.1) is 0 Å². The van der Waals surface area contributed by atoms with Crippen LogP contribution in [0.1, 0.15) is 30.3 Å². The fourth-order valence-corrected chi connectivity index (χ4v) is 4.14. The number of hydrogen-bond acceptors (Lipinski definition) is 5. The molecule has 0 N–H and O–H groups in total. The largest absolute Gasteiger partial charge is 0.497 e. The van der Waals surface area contributed by atoms with Gasteiger partial charge in [0.2, 0.25) is 5.91 Å². The van der Waals surface area contributed by atoms with Crippen molar-refractivity contribution in [2.24, 2.45) is 0 Å². The van der Waals surface area contributed by atoms with E-state index in [0.717, 1.165) is 47.7 Å². The molecule has 0 bridgehead atoms. The summed E-state index contributed by atoms with van der Waals surface area (Å²) in [5, 5.41) is 4.75. The maximum Gasteiger partial charge on any atom is 0.230 e. The molecule has 1 amide bonds. The average Bonchev–Trinajstić information content (AvgIpc) is 3.48. The third-order valence-electron chi connectivity index (χ3n) is 5.80. The van der Waals surface area contributed by atoms with E-state index in [1.165, 1.54) is 0 Å². The van der Waals surface area contributed by atoms with Crippen LogP contribution in [0.3, 0.4) is 0 Å². The van der Waals surface area contributed by atoms with Gasteiger partial charge in [0.05, 0.1) is 19.8 Å². The molecule has 1 aromatic carbocycles. The molecule has 4 aromatic rings. The first kappa shape index (κ1) is 19.4. The number of carbonyl (C=O) groups is 1. The number of hydrogen-bond donors (Lipinski definition) is 0. The molecule has 1 aliphatic heterocycles. The second kappa shape index (κ2) is 8.26. The Bertz CT molecular complexity index is 1200. The van der Waals surface area contributed by atoms with E-state index >= 15 is 0 Å². The predicted molar refractivity (Wildman–Crippen MR) is 116 cm³/mol. The third kappa shape index (κ3) is 4.03. The SMILES string of the molecule is COc1cccc(-c2ccc3nc(C4CCCN(C(=O)Cc5ccco5)C4)nn3c2)c1. The maximum absolute atomic E-state index is 12.7. The van der Waals surface area contributed by atoms with Gasteiger partial charge in [0.1, 0.15) is 11.5 Å². The average molecular weight is 416 g/mol. The summed E-state index contributed by atoms with van der Waals surface area (Å²) in [6.45, 7) is 1.41. The molecule has 0 saturated carbocycles. The number of nitrogens with zero attached hydrogens (tertiary/aromatic N) is 4. The van der Waals surface area contributed by atoms with Gasteiger partial charge in [-0.05, 0) is 54.8 Å². The van der Waals surface area contributed by atoms with Crippen molar-refractivity contribution >= 4 is 11.6 Å². The molecule has 1 unspecified atom stereocenters. The van der Waals surface area contributed by atoms with Gasteiger partial charge < -0.3 is 14.1 Å². The number of rotatable bonds is 5. The zero-order valence-electron chi connectivity index (χ0n) is 17.4. The van der Waals surface area contributed by atoms with Crippen LogP contribution in [0.5, 0.6) is 5.75 Å². The fraction of sp³-hybridized carbons (Fsp3) is 0.292. The van der Waals surface area contributed by atoms with E-state index in [4.69, 9.17) is 19.2 Å². The van der Waals surface area contributed by atoms with Crippen molar-refractivity contribution < 1.29 is 13.9 Å². The van der Waals surface area contributed by atoms with Crippen molar-refractivity contribution in [3.63, 3.8) is 0 Å². The van der Waals surface area contributed by atoms with Crippen molar-refractivity contribution in [3.05, 3.63) is 72.6 Å².